The topological polar surface area (TPSA) is 12.9 Å². The Kier molecular flexibility index (Phi) is 1.77. The highest BCUT2D eigenvalue weighted by Crippen LogP contribution is 2.29. The van der Waals surface area contributed by atoms with Gasteiger partial charge in [-0.3, -0.25) is 0 Å². The fourth-order valence-electron chi connectivity index (χ4n) is 1.08. The highest BCUT2D eigenvalue weighted by Gasteiger charge is 2.08. The van der Waals surface area contributed by atoms with Crippen LogP contribution in [0.15, 0.2) is 12.1 Å². The van der Waals surface area contributed by atoms with E-state index in [1.165, 1.54) is 17.4 Å². The van der Waals surface area contributed by atoms with E-state index in [0.29, 0.717) is 9.98 Å². The van der Waals surface area contributed by atoms with Gasteiger partial charge in [0.05, 0.1) is 4.70 Å². The maximum Gasteiger partial charge on any atom is 0.184 e. The zero-order valence-corrected chi connectivity index (χ0v) is 7.84. The predicted molar refractivity (Wildman–Crippen MR) is 49.3 cm³/mol. The van der Waals surface area contributed by atoms with Crippen LogP contribution in [-0.4, -0.2) is 4.98 Å². The molecule has 0 aliphatic rings. The molecule has 0 fully saturated rings. The molecule has 1 nitrogen and oxygen atoms in total. The number of hydrogen-bond donors (Lipinski definition) is 0. The van der Waals surface area contributed by atoms with Gasteiger partial charge in [0.25, 0.3) is 0 Å². The number of thiazole rings is 1. The highest BCUT2D eigenvalue weighted by molar-refractivity contribution is 7.22. The van der Waals surface area contributed by atoms with Gasteiger partial charge in [-0.25, -0.2) is 9.37 Å². The monoisotopic (exact) mass is 201 g/mol. The molecule has 0 bridgehead atoms. The SMILES string of the molecule is Cc1ccc(F)c2nc(Cl)sc12. The molecule has 62 valence electrons. The fraction of sp³-hybridized carbons (Fsp3) is 0.125. The molecule has 12 heavy (non-hydrogen) atoms. The number of benzene rings is 1. The van der Waals surface area contributed by atoms with Gasteiger partial charge in [-0.05, 0) is 18.6 Å². The maximum absolute atomic E-state index is 13.1. The first-order chi connectivity index (χ1) is 5.68. The number of halogens is 2. The van der Waals surface area contributed by atoms with Crippen molar-refractivity contribution in [2.24, 2.45) is 0 Å². The standard InChI is InChI=1S/C8H5ClFNS/c1-4-2-3-5(10)6-7(4)12-8(9)11-6/h2-3H,1H3. The molecule has 0 atom stereocenters. The Morgan fingerprint density at radius 3 is 2.92 bits per heavy atom. The lowest BCUT2D eigenvalue weighted by Gasteiger charge is -1.93. The summed E-state index contributed by atoms with van der Waals surface area (Å²) in [5.74, 6) is -0.307. The average molecular weight is 202 g/mol. The Bertz CT molecular complexity index is 399. The minimum Gasteiger partial charge on any atom is -0.222 e. The lowest BCUT2D eigenvalue weighted by Crippen LogP contribution is -1.79. The van der Waals surface area contributed by atoms with Crippen LogP contribution in [0.1, 0.15) is 5.56 Å². The van der Waals surface area contributed by atoms with Gasteiger partial charge in [0.15, 0.2) is 4.47 Å². The predicted octanol–water partition coefficient (Wildman–Crippen LogP) is 3.40. The summed E-state index contributed by atoms with van der Waals surface area (Å²) in [5.41, 5.74) is 1.39. The summed E-state index contributed by atoms with van der Waals surface area (Å²) < 4.78 is 14.3. The Morgan fingerprint density at radius 2 is 2.25 bits per heavy atom. The van der Waals surface area contributed by atoms with Crippen molar-refractivity contribution in [3.05, 3.63) is 28.0 Å². The second kappa shape index (κ2) is 2.68. The van der Waals surface area contributed by atoms with Crippen molar-refractivity contribution >= 4 is 33.2 Å². The smallest absolute Gasteiger partial charge is 0.184 e. The summed E-state index contributed by atoms with van der Waals surface area (Å²) in [5, 5.41) is 0. The van der Waals surface area contributed by atoms with E-state index < -0.39 is 0 Å². The number of rotatable bonds is 0. The second-order valence-electron chi connectivity index (χ2n) is 2.51. The minimum absolute atomic E-state index is 0.307. The van der Waals surface area contributed by atoms with E-state index in [1.54, 1.807) is 6.07 Å². The van der Waals surface area contributed by atoms with Crippen molar-refractivity contribution < 1.29 is 4.39 Å². The van der Waals surface area contributed by atoms with Gasteiger partial charge in [0.2, 0.25) is 0 Å². The third kappa shape index (κ3) is 1.09. The van der Waals surface area contributed by atoms with Gasteiger partial charge in [0.1, 0.15) is 11.3 Å². The fourth-order valence-corrected chi connectivity index (χ4v) is 2.17. The lowest BCUT2D eigenvalue weighted by molar-refractivity contribution is 0.637. The van der Waals surface area contributed by atoms with E-state index in [2.05, 4.69) is 4.98 Å². The third-order valence-electron chi connectivity index (χ3n) is 1.67. The largest absolute Gasteiger partial charge is 0.222 e. The Balaban J connectivity index is 2.93. The molecule has 1 aromatic heterocycles. The van der Waals surface area contributed by atoms with Crippen LogP contribution >= 0.6 is 22.9 Å². The molecule has 2 aromatic rings. The van der Waals surface area contributed by atoms with Crippen LogP contribution in [-0.2, 0) is 0 Å². The van der Waals surface area contributed by atoms with Crippen molar-refractivity contribution in [2.75, 3.05) is 0 Å². The van der Waals surface area contributed by atoms with Gasteiger partial charge in [-0.1, -0.05) is 17.7 Å². The van der Waals surface area contributed by atoms with Crippen molar-refractivity contribution in [2.45, 2.75) is 6.92 Å². The number of nitrogens with zero attached hydrogens (tertiary/aromatic N) is 1. The number of fused-ring (bicyclic) bond motifs is 1. The van der Waals surface area contributed by atoms with Crippen molar-refractivity contribution in [1.82, 2.24) is 4.98 Å². The molecule has 0 N–H and O–H groups in total. The van der Waals surface area contributed by atoms with Crippen molar-refractivity contribution in [1.29, 1.82) is 0 Å². The Hall–Kier alpha value is -0.670. The third-order valence-corrected chi connectivity index (χ3v) is 2.96. The Labute approximate surface area is 77.8 Å². The second-order valence-corrected chi connectivity index (χ2v) is 4.09. The molecule has 1 aromatic carbocycles. The normalized spacial score (nSPS) is 10.9. The zero-order valence-electron chi connectivity index (χ0n) is 6.27. The maximum atomic E-state index is 13.1. The van der Waals surface area contributed by atoms with Crippen LogP contribution in [0, 0.1) is 12.7 Å². The van der Waals surface area contributed by atoms with E-state index in [-0.39, 0.29) is 5.82 Å². The van der Waals surface area contributed by atoms with E-state index in [9.17, 15) is 4.39 Å². The van der Waals surface area contributed by atoms with Crippen LogP contribution in [0.5, 0.6) is 0 Å². The summed E-state index contributed by atoms with van der Waals surface area (Å²) in [6, 6.07) is 3.14. The van der Waals surface area contributed by atoms with Crippen LogP contribution in [0.25, 0.3) is 10.2 Å². The highest BCUT2D eigenvalue weighted by atomic mass is 35.5. The number of aryl methyl sites for hydroxylation is 1. The van der Waals surface area contributed by atoms with Gasteiger partial charge in [-0.15, -0.1) is 11.3 Å². The lowest BCUT2D eigenvalue weighted by atomic mass is 10.2. The molecular formula is C8H5ClFNS. The van der Waals surface area contributed by atoms with Gasteiger partial charge in [-0.2, -0.15) is 0 Å². The van der Waals surface area contributed by atoms with Crippen molar-refractivity contribution in [3.8, 4) is 0 Å². The summed E-state index contributed by atoms with van der Waals surface area (Å²) >= 11 is 6.98. The first-order valence-corrected chi connectivity index (χ1v) is 4.59. The average Bonchev–Trinajstić information content (AvgIpc) is 2.41. The van der Waals surface area contributed by atoms with E-state index in [1.807, 2.05) is 6.92 Å². The molecule has 0 radical (unpaired) electrons. The summed E-state index contributed by atoms with van der Waals surface area (Å²) in [6.45, 7) is 1.91. The molecule has 0 saturated carbocycles. The molecule has 0 aliphatic heterocycles. The molecule has 0 spiro atoms. The van der Waals surface area contributed by atoms with E-state index >= 15 is 0 Å². The number of hydrogen-bond acceptors (Lipinski definition) is 2. The van der Waals surface area contributed by atoms with E-state index in [4.69, 9.17) is 11.6 Å². The molecule has 1 heterocycles. The van der Waals surface area contributed by atoms with Crippen LogP contribution < -0.4 is 0 Å². The van der Waals surface area contributed by atoms with Gasteiger partial charge in [0, 0.05) is 0 Å². The summed E-state index contributed by atoms with van der Waals surface area (Å²) in [6.07, 6.45) is 0. The van der Waals surface area contributed by atoms with Crippen LogP contribution in [0.4, 0.5) is 4.39 Å². The summed E-state index contributed by atoms with van der Waals surface area (Å²) in [7, 11) is 0. The summed E-state index contributed by atoms with van der Waals surface area (Å²) in [4.78, 5) is 3.88. The van der Waals surface area contributed by atoms with Gasteiger partial charge < -0.3 is 0 Å². The quantitative estimate of drug-likeness (QED) is 0.637. The van der Waals surface area contributed by atoms with E-state index in [0.717, 1.165) is 10.3 Å². The first-order valence-electron chi connectivity index (χ1n) is 3.39. The molecule has 2 rings (SSSR count). The van der Waals surface area contributed by atoms with Crippen LogP contribution in [0.3, 0.4) is 0 Å². The molecule has 0 aliphatic carbocycles. The molecule has 0 amide bonds. The molecular weight excluding hydrogens is 197 g/mol. The molecule has 4 heteroatoms. The Morgan fingerprint density at radius 1 is 1.50 bits per heavy atom. The molecule has 0 unspecified atom stereocenters. The zero-order chi connectivity index (χ0) is 8.72. The minimum atomic E-state index is -0.307. The van der Waals surface area contributed by atoms with Crippen molar-refractivity contribution in [3.63, 3.8) is 0 Å². The van der Waals surface area contributed by atoms with Crippen LogP contribution in [0.2, 0.25) is 4.47 Å². The first kappa shape index (κ1) is 7.95. The van der Waals surface area contributed by atoms with Gasteiger partial charge >= 0.3 is 0 Å². The number of aromatic nitrogens is 1. The molecule has 0 saturated heterocycles.